The zero-order valence-electron chi connectivity index (χ0n) is 11.4. The molecule has 2 heterocycles. The van der Waals surface area contributed by atoms with E-state index in [9.17, 15) is 9.90 Å². The van der Waals surface area contributed by atoms with Gasteiger partial charge in [0.15, 0.2) is 0 Å². The number of carboxylic acid groups (broad SMARTS) is 1. The highest BCUT2D eigenvalue weighted by atomic mass is 79.9. The number of aryl methyl sites for hydroxylation is 2. The van der Waals surface area contributed by atoms with E-state index in [1.165, 1.54) is 0 Å². The molecule has 1 aliphatic rings. The summed E-state index contributed by atoms with van der Waals surface area (Å²) in [5.74, 6) is -0.446. The number of hydrogen-bond acceptors (Lipinski definition) is 4. The molecule has 0 bridgehead atoms. The largest absolute Gasteiger partial charge is 0.478 e. The van der Waals surface area contributed by atoms with Gasteiger partial charge in [0.2, 0.25) is 0 Å². The summed E-state index contributed by atoms with van der Waals surface area (Å²) in [4.78, 5) is 17.1. The minimum atomic E-state index is -0.925. The van der Waals surface area contributed by atoms with Gasteiger partial charge in [-0.2, -0.15) is 0 Å². The molecule has 3 rings (SSSR count). The number of rotatable bonds is 4. The number of fused-ring (bicyclic) bond motifs is 1. The Kier molecular flexibility index (Phi) is 4.26. The molecule has 0 radical (unpaired) electrons. The highest BCUT2D eigenvalue weighted by Gasteiger charge is 2.18. The van der Waals surface area contributed by atoms with Crippen molar-refractivity contribution in [3.05, 3.63) is 43.7 Å². The van der Waals surface area contributed by atoms with Gasteiger partial charge in [-0.25, -0.2) is 9.78 Å². The van der Waals surface area contributed by atoms with E-state index >= 15 is 0 Å². The van der Waals surface area contributed by atoms with Crippen LogP contribution in [0.1, 0.15) is 39.3 Å². The predicted octanol–water partition coefficient (Wildman–Crippen LogP) is 4.09. The molecule has 0 saturated carbocycles. The normalized spacial score (nSPS) is 13.8. The summed E-state index contributed by atoms with van der Waals surface area (Å²) in [7, 11) is 0. The van der Waals surface area contributed by atoms with Crippen LogP contribution in [0, 0.1) is 0 Å². The molecule has 0 aromatic carbocycles. The Morgan fingerprint density at radius 2 is 2.19 bits per heavy atom. The predicted molar refractivity (Wildman–Crippen MR) is 87.2 cm³/mol. The van der Waals surface area contributed by atoms with E-state index in [0.717, 1.165) is 45.6 Å². The quantitative estimate of drug-likeness (QED) is 0.854. The van der Waals surface area contributed by atoms with Gasteiger partial charge in [-0.15, -0.1) is 11.3 Å². The second-order valence-corrected chi connectivity index (χ2v) is 7.61. The lowest BCUT2D eigenvalue weighted by Crippen LogP contribution is -2.13. The van der Waals surface area contributed by atoms with Crippen LogP contribution in [0.5, 0.6) is 0 Å². The second kappa shape index (κ2) is 6.15. The van der Waals surface area contributed by atoms with Gasteiger partial charge in [0.1, 0.15) is 11.4 Å². The zero-order chi connectivity index (χ0) is 14.8. The smallest absolute Gasteiger partial charge is 0.339 e. The van der Waals surface area contributed by atoms with E-state index in [1.807, 2.05) is 12.1 Å². The lowest BCUT2D eigenvalue weighted by Gasteiger charge is -2.18. The number of carboxylic acids is 1. The average Bonchev–Trinajstić information content (AvgIpc) is 2.89. The minimum Gasteiger partial charge on any atom is -0.478 e. The molecule has 0 fully saturated rings. The lowest BCUT2D eigenvalue weighted by molar-refractivity contribution is 0.0697. The topological polar surface area (TPSA) is 62.2 Å². The number of anilines is 1. The molecule has 1 aliphatic carbocycles. The molecule has 0 saturated heterocycles. The van der Waals surface area contributed by atoms with Crippen molar-refractivity contribution in [1.29, 1.82) is 0 Å². The number of carbonyl (C=O) groups is 1. The minimum absolute atomic E-state index is 0.270. The van der Waals surface area contributed by atoms with Crippen molar-refractivity contribution in [2.24, 2.45) is 0 Å². The molecule has 0 unspecified atom stereocenters. The standard InChI is InChI=1S/C15H15BrN2O2S/c16-13-6-5-10(21-13)8-17-14-11(15(19)20)7-9-3-1-2-4-12(9)18-14/h5-7H,1-4,8H2,(H,17,18)(H,19,20). The first-order valence-electron chi connectivity index (χ1n) is 6.87. The average molecular weight is 367 g/mol. The van der Waals surface area contributed by atoms with Crippen molar-refractivity contribution >= 4 is 39.1 Å². The molecule has 2 aromatic rings. The third-order valence-corrected chi connectivity index (χ3v) is 5.21. The Hall–Kier alpha value is -1.40. The molecule has 0 aliphatic heterocycles. The van der Waals surface area contributed by atoms with Crippen LogP contribution in [-0.4, -0.2) is 16.1 Å². The number of halogens is 1. The summed E-state index contributed by atoms with van der Waals surface area (Å²) in [6, 6.07) is 5.79. The van der Waals surface area contributed by atoms with Crippen LogP contribution >= 0.6 is 27.3 Å². The van der Waals surface area contributed by atoms with Gasteiger partial charge in [0.05, 0.1) is 10.3 Å². The van der Waals surface area contributed by atoms with E-state index in [2.05, 4.69) is 26.2 Å². The Balaban J connectivity index is 1.87. The van der Waals surface area contributed by atoms with Crippen LogP contribution in [0.4, 0.5) is 5.82 Å². The van der Waals surface area contributed by atoms with Crippen molar-refractivity contribution in [3.63, 3.8) is 0 Å². The first-order valence-corrected chi connectivity index (χ1v) is 8.48. The van der Waals surface area contributed by atoms with E-state index in [1.54, 1.807) is 17.4 Å². The first kappa shape index (κ1) is 14.5. The van der Waals surface area contributed by atoms with Crippen LogP contribution in [0.15, 0.2) is 22.0 Å². The Morgan fingerprint density at radius 3 is 2.90 bits per heavy atom. The number of aromatic nitrogens is 1. The van der Waals surface area contributed by atoms with E-state index in [4.69, 9.17) is 0 Å². The summed E-state index contributed by atoms with van der Waals surface area (Å²) >= 11 is 5.06. The van der Waals surface area contributed by atoms with Gasteiger partial charge < -0.3 is 10.4 Å². The number of hydrogen-bond donors (Lipinski definition) is 2. The van der Waals surface area contributed by atoms with Gasteiger partial charge in [-0.3, -0.25) is 0 Å². The fourth-order valence-electron chi connectivity index (χ4n) is 2.55. The summed E-state index contributed by atoms with van der Waals surface area (Å²) in [5.41, 5.74) is 2.40. The Bertz CT molecular complexity index is 684. The Labute approximate surface area is 135 Å². The van der Waals surface area contributed by atoms with Gasteiger partial charge in [0, 0.05) is 10.6 Å². The SMILES string of the molecule is O=C(O)c1cc2c(nc1NCc1ccc(Br)s1)CCCC2. The van der Waals surface area contributed by atoms with E-state index in [0.29, 0.717) is 12.4 Å². The molecular weight excluding hydrogens is 352 g/mol. The maximum Gasteiger partial charge on any atom is 0.339 e. The number of nitrogens with one attached hydrogen (secondary N) is 1. The van der Waals surface area contributed by atoms with Crippen molar-refractivity contribution in [2.75, 3.05) is 5.32 Å². The van der Waals surface area contributed by atoms with Crippen LogP contribution in [0.2, 0.25) is 0 Å². The van der Waals surface area contributed by atoms with Gasteiger partial charge >= 0.3 is 5.97 Å². The number of aromatic carboxylic acids is 1. The van der Waals surface area contributed by atoms with Crippen LogP contribution in [-0.2, 0) is 19.4 Å². The first-order chi connectivity index (χ1) is 10.1. The number of pyridine rings is 1. The van der Waals surface area contributed by atoms with Crippen molar-refractivity contribution < 1.29 is 9.90 Å². The van der Waals surface area contributed by atoms with Crippen molar-refractivity contribution in [2.45, 2.75) is 32.2 Å². The fourth-order valence-corrected chi connectivity index (χ4v) is 3.97. The maximum absolute atomic E-state index is 11.4. The lowest BCUT2D eigenvalue weighted by atomic mass is 9.95. The third kappa shape index (κ3) is 3.27. The number of nitrogens with zero attached hydrogens (tertiary/aromatic N) is 1. The van der Waals surface area contributed by atoms with Crippen molar-refractivity contribution in [3.8, 4) is 0 Å². The molecule has 0 amide bonds. The maximum atomic E-state index is 11.4. The highest BCUT2D eigenvalue weighted by molar-refractivity contribution is 9.11. The summed E-state index contributed by atoms with van der Waals surface area (Å²) < 4.78 is 1.07. The molecule has 21 heavy (non-hydrogen) atoms. The molecule has 110 valence electrons. The van der Waals surface area contributed by atoms with Crippen LogP contribution in [0.25, 0.3) is 0 Å². The molecule has 0 spiro atoms. The summed E-state index contributed by atoms with van der Waals surface area (Å²) in [5, 5.41) is 12.6. The van der Waals surface area contributed by atoms with E-state index in [-0.39, 0.29) is 5.56 Å². The third-order valence-electron chi connectivity index (χ3n) is 3.59. The Morgan fingerprint density at radius 1 is 1.38 bits per heavy atom. The van der Waals surface area contributed by atoms with Crippen LogP contribution in [0.3, 0.4) is 0 Å². The molecular formula is C15H15BrN2O2S. The summed E-state index contributed by atoms with van der Waals surface area (Å²) in [6.45, 7) is 0.586. The summed E-state index contributed by atoms with van der Waals surface area (Å²) in [6.07, 6.45) is 4.11. The monoisotopic (exact) mass is 366 g/mol. The van der Waals surface area contributed by atoms with Crippen LogP contribution < -0.4 is 5.32 Å². The highest BCUT2D eigenvalue weighted by Crippen LogP contribution is 2.26. The molecule has 6 heteroatoms. The molecule has 4 nitrogen and oxygen atoms in total. The molecule has 2 aromatic heterocycles. The number of thiophene rings is 1. The van der Waals surface area contributed by atoms with Crippen molar-refractivity contribution in [1.82, 2.24) is 4.98 Å². The molecule has 2 N–H and O–H groups in total. The fraction of sp³-hybridized carbons (Fsp3) is 0.333. The van der Waals surface area contributed by atoms with E-state index < -0.39 is 5.97 Å². The second-order valence-electron chi connectivity index (χ2n) is 5.06. The zero-order valence-corrected chi connectivity index (χ0v) is 13.8. The van der Waals surface area contributed by atoms with Gasteiger partial charge in [-0.1, -0.05) is 0 Å². The van der Waals surface area contributed by atoms with Gasteiger partial charge in [-0.05, 0) is 65.4 Å². The molecule has 0 atom stereocenters. The van der Waals surface area contributed by atoms with Gasteiger partial charge in [0.25, 0.3) is 0 Å².